The van der Waals surface area contributed by atoms with Crippen molar-refractivity contribution >= 4 is 33.2 Å². The third-order valence-electron chi connectivity index (χ3n) is 4.71. The minimum Gasteiger partial charge on any atom is -0.495 e. The van der Waals surface area contributed by atoms with Crippen molar-refractivity contribution < 1.29 is 17.9 Å². The van der Waals surface area contributed by atoms with Crippen molar-refractivity contribution in [2.75, 3.05) is 24.9 Å². The molecule has 0 aromatic heterocycles. The molecule has 0 saturated carbocycles. The highest BCUT2D eigenvalue weighted by Gasteiger charge is 2.25. The molecule has 0 unspecified atom stereocenters. The lowest BCUT2D eigenvalue weighted by molar-refractivity contribution is 0.0762. The fraction of sp³-hybridized carbons (Fsp3) is 0.350. The van der Waals surface area contributed by atoms with Crippen molar-refractivity contribution in [1.82, 2.24) is 4.90 Å². The topological polar surface area (TPSA) is 75.7 Å². The molecule has 0 spiro atoms. The molecule has 3 rings (SSSR count). The van der Waals surface area contributed by atoms with Crippen LogP contribution in [0.2, 0.25) is 5.02 Å². The van der Waals surface area contributed by atoms with Crippen LogP contribution >= 0.6 is 11.6 Å². The van der Waals surface area contributed by atoms with Crippen LogP contribution in [0.15, 0.2) is 47.4 Å². The fourth-order valence-corrected chi connectivity index (χ4v) is 4.78. The van der Waals surface area contributed by atoms with Gasteiger partial charge in [0.1, 0.15) is 10.6 Å². The first-order chi connectivity index (χ1) is 13.4. The molecule has 0 bridgehead atoms. The van der Waals surface area contributed by atoms with E-state index in [2.05, 4.69) is 4.72 Å². The maximum atomic E-state index is 13.0. The number of methoxy groups -OCH3 is 1. The average Bonchev–Trinajstić information content (AvgIpc) is 2.97. The van der Waals surface area contributed by atoms with Gasteiger partial charge in [-0.15, -0.1) is 0 Å². The highest BCUT2D eigenvalue weighted by Crippen LogP contribution is 2.30. The molecule has 1 amide bonds. The van der Waals surface area contributed by atoms with Crippen LogP contribution in [0.4, 0.5) is 5.69 Å². The molecule has 6 nitrogen and oxygen atoms in total. The third-order valence-corrected chi connectivity index (χ3v) is 6.33. The number of hydrogen-bond donors (Lipinski definition) is 1. The molecule has 1 heterocycles. The zero-order valence-corrected chi connectivity index (χ0v) is 17.2. The molecule has 8 heteroatoms. The van der Waals surface area contributed by atoms with Crippen LogP contribution in [0.3, 0.4) is 0 Å². The van der Waals surface area contributed by atoms with E-state index in [4.69, 9.17) is 16.3 Å². The number of carbonyl (C=O) groups is 1. The van der Waals surface area contributed by atoms with Gasteiger partial charge in [0.05, 0.1) is 18.4 Å². The maximum Gasteiger partial charge on any atom is 0.265 e. The number of nitrogens with one attached hydrogen (secondary N) is 1. The van der Waals surface area contributed by atoms with E-state index < -0.39 is 10.0 Å². The molecule has 2 aromatic carbocycles. The summed E-state index contributed by atoms with van der Waals surface area (Å²) < 4.78 is 33.6. The Morgan fingerprint density at radius 2 is 1.75 bits per heavy atom. The largest absolute Gasteiger partial charge is 0.495 e. The van der Waals surface area contributed by atoms with Gasteiger partial charge in [-0.25, -0.2) is 8.42 Å². The van der Waals surface area contributed by atoms with Crippen LogP contribution in [0.25, 0.3) is 0 Å². The summed E-state index contributed by atoms with van der Waals surface area (Å²) in [4.78, 5) is 14.7. The highest BCUT2D eigenvalue weighted by molar-refractivity contribution is 7.92. The molecule has 0 atom stereocenters. The maximum absolute atomic E-state index is 13.0. The number of sulfonamides is 1. The zero-order valence-electron chi connectivity index (χ0n) is 15.7. The van der Waals surface area contributed by atoms with Crippen molar-refractivity contribution in [3.63, 3.8) is 0 Å². The van der Waals surface area contributed by atoms with Gasteiger partial charge in [-0.05, 0) is 43.2 Å². The van der Waals surface area contributed by atoms with Crippen LogP contribution in [-0.4, -0.2) is 39.4 Å². The Balaban J connectivity index is 1.93. The van der Waals surface area contributed by atoms with Gasteiger partial charge in [-0.2, -0.15) is 0 Å². The number of nitrogens with zero attached hydrogens (tertiary/aromatic N) is 1. The number of anilines is 1. The lowest BCUT2D eigenvalue weighted by atomic mass is 10.1. The predicted molar refractivity (Wildman–Crippen MR) is 110 cm³/mol. The number of likely N-dealkylation sites (tertiary alicyclic amines) is 1. The molecule has 1 aliphatic rings. The van der Waals surface area contributed by atoms with Gasteiger partial charge in [-0.3, -0.25) is 9.52 Å². The van der Waals surface area contributed by atoms with E-state index in [1.165, 1.54) is 19.2 Å². The van der Waals surface area contributed by atoms with Gasteiger partial charge in [-0.1, -0.05) is 36.6 Å². The first-order valence-electron chi connectivity index (χ1n) is 9.17. The molecule has 1 fully saturated rings. The monoisotopic (exact) mass is 422 g/mol. The summed E-state index contributed by atoms with van der Waals surface area (Å²) in [6.07, 6.45) is 4.12. The van der Waals surface area contributed by atoms with E-state index >= 15 is 0 Å². The molecule has 150 valence electrons. The van der Waals surface area contributed by atoms with E-state index in [9.17, 15) is 13.2 Å². The average molecular weight is 423 g/mol. The standard InChI is InChI=1S/C20H23ClN2O4S/c1-27-18-11-10-15(21)14-19(18)28(25,26)22-17-9-5-4-8-16(17)20(24)23-12-6-2-3-7-13-23/h4-5,8-11,14,22H,2-3,6-7,12-13H2,1H3. The van der Waals surface area contributed by atoms with E-state index in [-0.39, 0.29) is 27.3 Å². The van der Waals surface area contributed by atoms with Crippen LogP contribution in [-0.2, 0) is 10.0 Å². The van der Waals surface area contributed by atoms with Crippen LogP contribution in [0, 0.1) is 0 Å². The molecule has 0 radical (unpaired) electrons. The lowest BCUT2D eigenvalue weighted by Gasteiger charge is -2.22. The summed E-state index contributed by atoms with van der Waals surface area (Å²) in [5.41, 5.74) is 0.563. The molecule has 1 N–H and O–H groups in total. The van der Waals surface area contributed by atoms with Crippen molar-refractivity contribution in [3.05, 3.63) is 53.1 Å². The first-order valence-corrected chi connectivity index (χ1v) is 11.0. The Bertz CT molecular complexity index is 954. The number of amides is 1. The summed E-state index contributed by atoms with van der Waals surface area (Å²) in [6, 6.07) is 11.0. The molecule has 2 aromatic rings. The van der Waals surface area contributed by atoms with E-state index in [0.717, 1.165) is 25.7 Å². The Hall–Kier alpha value is -2.25. The summed E-state index contributed by atoms with van der Waals surface area (Å²) >= 11 is 5.97. The van der Waals surface area contributed by atoms with Crippen molar-refractivity contribution in [2.45, 2.75) is 30.6 Å². The smallest absolute Gasteiger partial charge is 0.265 e. The van der Waals surface area contributed by atoms with Crippen molar-refractivity contribution in [1.29, 1.82) is 0 Å². The fourth-order valence-electron chi connectivity index (χ4n) is 3.26. The van der Waals surface area contributed by atoms with Gasteiger partial charge in [0, 0.05) is 18.1 Å². The third kappa shape index (κ3) is 4.59. The van der Waals surface area contributed by atoms with Crippen LogP contribution in [0.5, 0.6) is 5.75 Å². The van der Waals surface area contributed by atoms with Gasteiger partial charge in [0.25, 0.3) is 15.9 Å². The number of rotatable bonds is 5. The zero-order chi connectivity index (χ0) is 20.1. The summed E-state index contributed by atoms with van der Waals surface area (Å²) in [6.45, 7) is 1.37. The SMILES string of the molecule is COc1ccc(Cl)cc1S(=O)(=O)Nc1ccccc1C(=O)N1CCCCCC1. The molecular weight excluding hydrogens is 400 g/mol. The quantitative estimate of drug-likeness (QED) is 0.784. The van der Waals surface area contributed by atoms with Gasteiger partial charge < -0.3 is 9.64 Å². The second-order valence-corrected chi connectivity index (χ2v) is 8.74. The minimum atomic E-state index is -4.00. The lowest BCUT2D eigenvalue weighted by Crippen LogP contribution is -2.32. The van der Waals surface area contributed by atoms with Crippen LogP contribution < -0.4 is 9.46 Å². The number of para-hydroxylation sites is 1. The molecule has 1 aliphatic heterocycles. The van der Waals surface area contributed by atoms with Gasteiger partial charge >= 0.3 is 0 Å². The Morgan fingerprint density at radius 3 is 2.43 bits per heavy atom. The Kier molecular flexibility index (Phi) is 6.46. The minimum absolute atomic E-state index is 0.0838. The molecular formula is C20H23ClN2O4S. The second kappa shape index (κ2) is 8.84. The Labute approximate surface area is 170 Å². The molecule has 28 heavy (non-hydrogen) atoms. The van der Waals surface area contributed by atoms with Crippen molar-refractivity contribution in [2.24, 2.45) is 0 Å². The summed E-state index contributed by atoms with van der Waals surface area (Å²) in [7, 11) is -2.61. The number of benzene rings is 2. The van der Waals surface area contributed by atoms with E-state index in [0.29, 0.717) is 18.7 Å². The highest BCUT2D eigenvalue weighted by atomic mass is 35.5. The second-order valence-electron chi connectivity index (χ2n) is 6.65. The van der Waals surface area contributed by atoms with Crippen molar-refractivity contribution in [3.8, 4) is 5.75 Å². The molecule has 0 aliphatic carbocycles. The summed E-state index contributed by atoms with van der Waals surface area (Å²) in [5.74, 6) is 0.00600. The number of hydrogen-bond acceptors (Lipinski definition) is 4. The normalized spacial score (nSPS) is 15.0. The van der Waals surface area contributed by atoms with Crippen LogP contribution in [0.1, 0.15) is 36.0 Å². The van der Waals surface area contributed by atoms with Gasteiger partial charge in [0.15, 0.2) is 0 Å². The number of carbonyl (C=O) groups excluding carboxylic acids is 1. The van der Waals surface area contributed by atoms with E-state index in [1.54, 1.807) is 35.2 Å². The number of ether oxygens (including phenoxy) is 1. The number of halogens is 1. The Morgan fingerprint density at radius 1 is 1.07 bits per heavy atom. The summed E-state index contributed by atoms with van der Waals surface area (Å²) in [5, 5.41) is 0.273. The van der Waals surface area contributed by atoms with Gasteiger partial charge in [0.2, 0.25) is 0 Å². The van der Waals surface area contributed by atoms with E-state index in [1.807, 2.05) is 0 Å². The molecule has 1 saturated heterocycles. The first kappa shape index (κ1) is 20.5. The predicted octanol–water partition coefficient (Wildman–Crippen LogP) is 4.17.